The summed E-state index contributed by atoms with van der Waals surface area (Å²) in [5, 5.41) is 24.3. The highest BCUT2D eigenvalue weighted by atomic mass is 16.5. The molecule has 5 N–H and O–H groups in total. The molecule has 3 rings (SSSR count). The Kier molecular flexibility index (Phi) is 10.8. The van der Waals surface area contributed by atoms with Gasteiger partial charge in [0.05, 0.1) is 6.10 Å². The Balaban J connectivity index is 0.00000456. The number of nitrogens with one attached hydrogen (secondary N) is 3. The van der Waals surface area contributed by atoms with Crippen LogP contribution < -0.4 is 16.1 Å². The van der Waals surface area contributed by atoms with E-state index in [2.05, 4.69) is 41.5 Å². The second-order valence-electron chi connectivity index (χ2n) is 8.21. The first-order chi connectivity index (χ1) is 16.9. The molecule has 0 fully saturated rings. The van der Waals surface area contributed by atoms with Gasteiger partial charge in [-0.2, -0.15) is 0 Å². The smallest absolute Gasteiger partial charge is 0.268 e. The fraction of sp³-hybridized carbons (Fsp3) is 0.241. The van der Waals surface area contributed by atoms with E-state index in [1.807, 2.05) is 42.5 Å². The van der Waals surface area contributed by atoms with Crippen LogP contribution in [-0.4, -0.2) is 34.3 Å². The summed E-state index contributed by atoms with van der Waals surface area (Å²) in [5.41, 5.74) is 5.75. The maximum Gasteiger partial charge on any atom is 0.268 e. The number of hydrogen-bond donors (Lipinski definition) is 5. The summed E-state index contributed by atoms with van der Waals surface area (Å²) < 4.78 is 0. The lowest BCUT2D eigenvalue weighted by Gasteiger charge is -2.19. The first-order valence-corrected chi connectivity index (χ1v) is 11.3. The largest absolute Gasteiger partial charge is 0.391 e. The van der Waals surface area contributed by atoms with Gasteiger partial charge in [-0.05, 0) is 61.4 Å². The summed E-state index contributed by atoms with van der Waals surface area (Å²) in [7, 11) is 0. The number of hydroxylamine groups is 1. The molecule has 3 aromatic carbocycles. The Labute approximate surface area is 212 Å². The number of rotatable bonds is 8. The molecule has 0 aliphatic heterocycles. The molecule has 0 saturated carbocycles. The molecule has 0 heterocycles. The molecular formula is C29H33N3O4. The number of aliphatic hydroxyl groups excluding tert-OH is 1. The van der Waals surface area contributed by atoms with Crippen LogP contribution in [0.25, 0.3) is 0 Å². The highest BCUT2D eigenvalue weighted by Gasteiger charge is 2.25. The Bertz CT molecular complexity index is 1180. The van der Waals surface area contributed by atoms with Crippen molar-refractivity contribution < 1.29 is 19.9 Å². The Morgan fingerprint density at radius 1 is 0.861 bits per heavy atom. The minimum absolute atomic E-state index is 0. The van der Waals surface area contributed by atoms with Gasteiger partial charge in [0.25, 0.3) is 11.8 Å². The van der Waals surface area contributed by atoms with Gasteiger partial charge < -0.3 is 15.7 Å². The van der Waals surface area contributed by atoms with Gasteiger partial charge in [0.2, 0.25) is 0 Å². The predicted octanol–water partition coefficient (Wildman–Crippen LogP) is 3.56. The summed E-state index contributed by atoms with van der Waals surface area (Å²) >= 11 is 0. The number of carbonyl (C=O) groups is 2. The number of hydrogen-bond acceptors (Lipinski definition) is 5. The fourth-order valence-corrected chi connectivity index (χ4v) is 3.39. The Hall–Kier alpha value is -3.96. The minimum Gasteiger partial charge on any atom is -0.391 e. The molecule has 36 heavy (non-hydrogen) atoms. The zero-order chi connectivity index (χ0) is 25.2. The molecule has 188 valence electrons. The Morgan fingerprint density at radius 3 is 1.94 bits per heavy atom. The van der Waals surface area contributed by atoms with Crippen molar-refractivity contribution in [3.8, 4) is 11.8 Å². The van der Waals surface area contributed by atoms with E-state index in [0.29, 0.717) is 5.56 Å². The van der Waals surface area contributed by atoms with E-state index >= 15 is 0 Å². The minimum atomic E-state index is -1.27. The maximum absolute atomic E-state index is 12.4. The first-order valence-electron chi connectivity index (χ1n) is 11.3. The van der Waals surface area contributed by atoms with Crippen LogP contribution in [0.2, 0.25) is 0 Å². The van der Waals surface area contributed by atoms with Crippen molar-refractivity contribution in [2.75, 3.05) is 0 Å². The van der Waals surface area contributed by atoms with Crippen LogP contribution in [0, 0.1) is 11.8 Å². The van der Waals surface area contributed by atoms with Crippen LogP contribution >= 0.6 is 0 Å². The molecule has 3 atom stereocenters. The van der Waals surface area contributed by atoms with Crippen molar-refractivity contribution in [3.63, 3.8) is 0 Å². The predicted molar refractivity (Wildman–Crippen MR) is 140 cm³/mol. The summed E-state index contributed by atoms with van der Waals surface area (Å²) in [6.07, 6.45) is -1.18. The summed E-state index contributed by atoms with van der Waals surface area (Å²) in [5.74, 6) is 4.73. The lowest BCUT2D eigenvalue weighted by atomic mass is 10.1. The standard InChI is InChI=1S/C28H29N3O4.CH4/c1-19(24-6-4-3-5-7-24)29-18-23-12-10-21(11-13-23)8-9-22-14-16-25(17-15-22)27(33)30-26(20(2)32)28(34)31-35;/h3-7,10-17,19-20,26,29,32,35H,18H2,1-2H3,(H,30,33)(H,31,34);1H4/t19-,20+,26-;/m0./s1. The zero-order valence-corrected chi connectivity index (χ0v) is 19.7. The number of aliphatic hydroxyl groups is 1. The van der Waals surface area contributed by atoms with Gasteiger partial charge in [0, 0.05) is 29.3 Å². The molecule has 7 heteroatoms. The van der Waals surface area contributed by atoms with E-state index in [-0.39, 0.29) is 13.5 Å². The molecule has 3 aromatic rings. The van der Waals surface area contributed by atoms with Crippen LogP contribution in [0.5, 0.6) is 0 Å². The van der Waals surface area contributed by atoms with Gasteiger partial charge in [0.1, 0.15) is 6.04 Å². The van der Waals surface area contributed by atoms with Gasteiger partial charge in [-0.25, -0.2) is 5.48 Å². The van der Waals surface area contributed by atoms with Crippen LogP contribution in [-0.2, 0) is 11.3 Å². The molecule has 0 aliphatic rings. The first kappa shape index (κ1) is 28.3. The van der Waals surface area contributed by atoms with E-state index in [1.165, 1.54) is 23.5 Å². The monoisotopic (exact) mass is 487 g/mol. The molecule has 0 spiro atoms. The third-order valence-corrected chi connectivity index (χ3v) is 5.53. The van der Waals surface area contributed by atoms with Crippen LogP contribution in [0.4, 0.5) is 0 Å². The third-order valence-electron chi connectivity index (χ3n) is 5.53. The molecule has 0 bridgehead atoms. The normalized spacial score (nSPS) is 12.7. The number of benzene rings is 3. The average Bonchev–Trinajstić information content (AvgIpc) is 2.89. The van der Waals surface area contributed by atoms with Crippen LogP contribution in [0.15, 0.2) is 78.9 Å². The second-order valence-corrected chi connectivity index (χ2v) is 8.21. The van der Waals surface area contributed by atoms with Crippen molar-refractivity contribution in [2.24, 2.45) is 0 Å². The van der Waals surface area contributed by atoms with Crippen molar-refractivity contribution in [1.82, 2.24) is 16.1 Å². The van der Waals surface area contributed by atoms with E-state index < -0.39 is 24.0 Å². The van der Waals surface area contributed by atoms with E-state index in [4.69, 9.17) is 5.21 Å². The highest BCUT2D eigenvalue weighted by Crippen LogP contribution is 2.13. The Morgan fingerprint density at radius 2 is 1.42 bits per heavy atom. The molecule has 2 amide bonds. The summed E-state index contributed by atoms with van der Waals surface area (Å²) in [4.78, 5) is 23.9. The topological polar surface area (TPSA) is 111 Å². The van der Waals surface area contributed by atoms with Gasteiger partial charge in [0.15, 0.2) is 0 Å². The van der Waals surface area contributed by atoms with Crippen LogP contribution in [0.3, 0.4) is 0 Å². The maximum atomic E-state index is 12.4. The third kappa shape index (κ3) is 8.07. The molecule has 0 radical (unpaired) electrons. The van der Waals surface area contributed by atoms with Crippen molar-refractivity contribution in [3.05, 3.63) is 107 Å². The number of amides is 2. The lowest BCUT2D eigenvalue weighted by Crippen LogP contribution is -2.51. The summed E-state index contributed by atoms with van der Waals surface area (Å²) in [6.45, 7) is 4.23. The molecular weight excluding hydrogens is 454 g/mol. The number of carbonyl (C=O) groups excluding carboxylic acids is 2. The zero-order valence-electron chi connectivity index (χ0n) is 19.7. The van der Waals surface area contributed by atoms with Crippen molar-refractivity contribution in [2.45, 2.75) is 46.0 Å². The second kappa shape index (κ2) is 13.8. The quantitative estimate of drug-likeness (QED) is 0.190. The van der Waals surface area contributed by atoms with Gasteiger partial charge in [-0.1, -0.05) is 61.7 Å². The fourth-order valence-electron chi connectivity index (χ4n) is 3.39. The lowest BCUT2D eigenvalue weighted by molar-refractivity contribution is -0.133. The SMILES string of the molecule is C.C[C@H](NCc1ccc(C#Cc2ccc(C(=O)N[C@H](C(=O)NO)[C@@H](C)O)cc2)cc1)c1ccccc1. The van der Waals surface area contributed by atoms with Gasteiger partial charge in [-0.15, -0.1) is 0 Å². The van der Waals surface area contributed by atoms with E-state index in [0.717, 1.165) is 17.7 Å². The molecule has 0 saturated heterocycles. The molecule has 0 unspecified atom stereocenters. The van der Waals surface area contributed by atoms with E-state index in [1.54, 1.807) is 24.3 Å². The van der Waals surface area contributed by atoms with E-state index in [9.17, 15) is 14.7 Å². The van der Waals surface area contributed by atoms with Gasteiger partial charge >= 0.3 is 0 Å². The van der Waals surface area contributed by atoms with Crippen molar-refractivity contribution in [1.29, 1.82) is 0 Å². The van der Waals surface area contributed by atoms with Crippen LogP contribution in [0.1, 0.15) is 59.9 Å². The van der Waals surface area contributed by atoms with Crippen molar-refractivity contribution >= 4 is 11.8 Å². The molecule has 0 aliphatic carbocycles. The highest BCUT2D eigenvalue weighted by molar-refractivity contribution is 5.97. The molecule has 7 nitrogen and oxygen atoms in total. The summed E-state index contributed by atoms with van der Waals surface area (Å²) in [6, 6.07) is 23.9. The van der Waals surface area contributed by atoms with Gasteiger partial charge in [-0.3, -0.25) is 14.8 Å². The molecule has 0 aromatic heterocycles. The average molecular weight is 488 g/mol.